The van der Waals surface area contributed by atoms with Gasteiger partial charge in [0.25, 0.3) is 0 Å². The first-order valence-corrected chi connectivity index (χ1v) is 7.17. The Kier molecular flexibility index (Phi) is 5.17. The lowest BCUT2D eigenvalue weighted by Crippen LogP contribution is -2.24. The highest BCUT2D eigenvalue weighted by Crippen LogP contribution is 2.18. The summed E-state index contributed by atoms with van der Waals surface area (Å²) in [5.41, 5.74) is 0.603. The van der Waals surface area contributed by atoms with E-state index in [2.05, 4.69) is 5.10 Å². The Labute approximate surface area is 137 Å². The molecule has 0 unspecified atom stereocenters. The number of likely N-dealkylation sites (N-methyl/N-ethyl adjacent to an activating group) is 1. The molecule has 1 amide bonds. The van der Waals surface area contributed by atoms with Gasteiger partial charge in [0, 0.05) is 25.9 Å². The quantitative estimate of drug-likeness (QED) is 0.458. The van der Waals surface area contributed by atoms with Crippen LogP contribution in [0.1, 0.15) is 18.4 Å². The monoisotopic (exact) mass is 338 g/mol. The van der Waals surface area contributed by atoms with Crippen LogP contribution in [0.25, 0.3) is 6.08 Å². The molecule has 0 N–H and O–H groups in total. The number of aromatic nitrogens is 2. The van der Waals surface area contributed by atoms with Crippen molar-refractivity contribution in [1.82, 2.24) is 14.7 Å². The summed E-state index contributed by atoms with van der Waals surface area (Å²) in [6, 6.07) is 2.65. The SMILES string of the molecule is CCn1cc(Cl)c(CN(C)C(=O)/C=C/c2ccc([N+](=O)[O-])o2)n1. The molecule has 0 radical (unpaired) electrons. The first-order valence-electron chi connectivity index (χ1n) is 6.80. The Bertz CT molecular complexity index is 750. The fourth-order valence-corrected chi connectivity index (χ4v) is 2.03. The van der Waals surface area contributed by atoms with Crippen molar-refractivity contribution >= 4 is 29.5 Å². The van der Waals surface area contributed by atoms with E-state index in [-0.39, 0.29) is 24.1 Å². The van der Waals surface area contributed by atoms with E-state index < -0.39 is 4.92 Å². The molecule has 0 bridgehead atoms. The lowest BCUT2D eigenvalue weighted by Gasteiger charge is -2.13. The molecule has 9 heteroatoms. The predicted molar refractivity (Wildman–Crippen MR) is 83.8 cm³/mol. The second kappa shape index (κ2) is 7.10. The molecule has 8 nitrogen and oxygen atoms in total. The van der Waals surface area contributed by atoms with Gasteiger partial charge in [-0.25, -0.2) is 0 Å². The van der Waals surface area contributed by atoms with Crippen molar-refractivity contribution < 1.29 is 14.1 Å². The molecule has 0 aromatic carbocycles. The van der Waals surface area contributed by atoms with Gasteiger partial charge in [-0.05, 0) is 19.1 Å². The first-order chi connectivity index (χ1) is 10.9. The number of carbonyl (C=O) groups excluding carboxylic acids is 1. The van der Waals surface area contributed by atoms with E-state index in [9.17, 15) is 14.9 Å². The van der Waals surface area contributed by atoms with E-state index in [1.54, 1.807) is 17.9 Å². The van der Waals surface area contributed by atoms with Crippen molar-refractivity contribution in [2.75, 3.05) is 7.05 Å². The van der Waals surface area contributed by atoms with E-state index >= 15 is 0 Å². The van der Waals surface area contributed by atoms with Crippen LogP contribution in [0.4, 0.5) is 5.88 Å². The smallest absolute Gasteiger partial charge is 0.401 e. The molecule has 2 heterocycles. The van der Waals surface area contributed by atoms with Gasteiger partial charge >= 0.3 is 5.88 Å². The maximum Gasteiger partial charge on any atom is 0.433 e. The van der Waals surface area contributed by atoms with Crippen LogP contribution in [0, 0.1) is 10.1 Å². The van der Waals surface area contributed by atoms with Crippen molar-refractivity contribution in [2.24, 2.45) is 0 Å². The highest BCUT2D eigenvalue weighted by molar-refractivity contribution is 6.31. The molecule has 0 aliphatic heterocycles. The Morgan fingerprint density at radius 2 is 2.30 bits per heavy atom. The number of hydrogen-bond donors (Lipinski definition) is 0. The van der Waals surface area contributed by atoms with E-state index in [0.29, 0.717) is 17.3 Å². The molecule has 0 aliphatic rings. The van der Waals surface area contributed by atoms with Gasteiger partial charge in [-0.3, -0.25) is 19.6 Å². The van der Waals surface area contributed by atoms with Crippen molar-refractivity contribution in [3.8, 4) is 0 Å². The highest BCUT2D eigenvalue weighted by Gasteiger charge is 2.13. The molecule has 0 atom stereocenters. The number of halogens is 1. The number of rotatable bonds is 6. The van der Waals surface area contributed by atoms with Crippen LogP contribution >= 0.6 is 11.6 Å². The number of nitrogens with zero attached hydrogens (tertiary/aromatic N) is 4. The van der Waals surface area contributed by atoms with Crippen LogP contribution in [0.5, 0.6) is 0 Å². The van der Waals surface area contributed by atoms with Gasteiger partial charge in [0.1, 0.15) is 16.4 Å². The van der Waals surface area contributed by atoms with Gasteiger partial charge in [0.2, 0.25) is 5.91 Å². The van der Waals surface area contributed by atoms with E-state index in [1.807, 2.05) is 6.92 Å². The third-order valence-electron chi connectivity index (χ3n) is 3.06. The van der Waals surface area contributed by atoms with Gasteiger partial charge in [0.15, 0.2) is 0 Å². The number of hydrogen-bond acceptors (Lipinski definition) is 5. The van der Waals surface area contributed by atoms with Gasteiger partial charge in [-0.15, -0.1) is 0 Å². The van der Waals surface area contributed by atoms with Gasteiger partial charge < -0.3 is 9.32 Å². The molecule has 0 fully saturated rings. The molecule has 0 spiro atoms. The number of nitro groups is 1. The largest absolute Gasteiger partial charge is 0.433 e. The lowest BCUT2D eigenvalue weighted by molar-refractivity contribution is -0.402. The normalized spacial score (nSPS) is 11.1. The summed E-state index contributed by atoms with van der Waals surface area (Å²) in [6.07, 6.45) is 4.35. The van der Waals surface area contributed by atoms with Crippen molar-refractivity contribution in [1.29, 1.82) is 0 Å². The summed E-state index contributed by atoms with van der Waals surface area (Å²) in [6.45, 7) is 2.88. The molecule has 0 aliphatic carbocycles. The molecular weight excluding hydrogens is 324 g/mol. The van der Waals surface area contributed by atoms with Gasteiger partial charge in [-0.2, -0.15) is 5.10 Å². The molecule has 0 saturated carbocycles. The van der Waals surface area contributed by atoms with Crippen molar-refractivity contribution in [3.63, 3.8) is 0 Å². The molecule has 2 aromatic rings. The Hall–Kier alpha value is -2.61. The Morgan fingerprint density at radius 3 is 2.87 bits per heavy atom. The van der Waals surface area contributed by atoms with Gasteiger partial charge in [-0.1, -0.05) is 11.6 Å². The second-order valence-electron chi connectivity index (χ2n) is 4.74. The predicted octanol–water partition coefficient (Wildman–Crippen LogP) is 2.73. The Morgan fingerprint density at radius 1 is 1.57 bits per heavy atom. The molecule has 122 valence electrons. The zero-order valence-electron chi connectivity index (χ0n) is 12.6. The van der Waals surface area contributed by atoms with Crippen LogP contribution < -0.4 is 0 Å². The van der Waals surface area contributed by atoms with E-state index in [0.717, 1.165) is 0 Å². The molecule has 2 rings (SSSR count). The van der Waals surface area contributed by atoms with E-state index in [4.69, 9.17) is 16.0 Å². The van der Waals surface area contributed by atoms with Crippen molar-refractivity contribution in [2.45, 2.75) is 20.0 Å². The molecule has 0 saturated heterocycles. The summed E-state index contributed by atoms with van der Waals surface area (Å²) in [4.78, 5) is 23.3. The minimum Gasteiger partial charge on any atom is -0.401 e. The molecular formula is C14H15ClN4O4. The number of carbonyl (C=O) groups is 1. The molecule has 2 aromatic heterocycles. The van der Waals surface area contributed by atoms with Gasteiger partial charge in [0.05, 0.1) is 17.6 Å². The summed E-state index contributed by atoms with van der Waals surface area (Å²) < 4.78 is 6.63. The minimum absolute atomic E-state index is 0.228. The average molecular weight is 339 g/mol. The minimum atomic E-state index is -0.642. The Balaban J connectivity index is 1.99. The second-order valence-corrected chi connectivity index (χ2v) is 5.15. The van der Waals surface area contributed by atoms with Crippen LogP contribution in [0.2, 0.25) is 5.02 Å². The molecule has 23 heavy (non-hydrogen) atoms. The fraction of sp³-hybridized carbons (Fsp3) is 0.286. The summed E-state index contributed by atoms with van der Waals surface area (Å²) in [7, 11) is 1.61. The average Bonchev–Trinajstić information content (AvgIpc) is 3.12. The third kappa shape index (κ3) is 4.19. The zero-order chi connectivity index (χ0) is 17.0. The first kappa shape index (κ1) is 16.8. The van der Waals surface area contributed by atoms with Crippen LogP contribution in [0.15, 0.2) is 28.8 Å². The van der Waals surface area contributed by atoms with E-state index in [1.165, 1.54) is 29.2 Å². The third-order valence-corrected chi connectivity index (χ3v) is 3.37. The number of amides is 1. The summed E-state index contributed by atoms with van der Waals surface area (Å²) >= 11 is 6.06. The highest BCUT2D eigenvalue weighted by atomic mass is 35.5. The zero-order valence-corrected chi connectivity index (χ0v) is 13.4. The van der Waals surface area contributed by atoms with Crippen LogP contribution in [-0.2, 0) is 17.9 Å². The topological polar surface area (TPSA) is 94.4 Å². The summed E-state index contributed by atoms with van der Waals surface area (Å²) in [5.74, 6) is -0.444. The lowest BCUT2D eigenvalue weighted by atomic mass is 10.3. The fourth-order valence-electron chi connectivity index (χ4n) is 1.82. The standard InChI is InChI=1S/C14H15ClN4O4/c1-3-18-8-11(15)12(16-18)9-17(2)13(20)6-4-10-5-7-14(23-10)19(21)22/h4-8H,3,9H2,1-2H3/b6-4+. The van der Waals surface area contributed by atoms with Crippen molar-refractivity contribution in [3.05, 3.63) is 51.0 Å². The van der Waals surface area contributed by atoms with Crippen LogP contribution in [0.3, 0.4) is 0 Å². The maximum absolute atomic E-state index is 12.0. The number of aryl methyl sites for hydroxylation is 1. The van der Waals surface area contributed by atoms with Crippen LogP contribution in [-0.4, -0.2) is 32.6 Å². The maximum atomic E-state index is 12.0. The number of furan rings is 1. The summed E-state index contributed by atoms with van der Waals surface area (Å²) in [5, 5.41) is 15.3.